The normalized spacial score (nSPS) is 12.8. The van der Waals surface area contributed by atoms with Gasteiger partial charge in [0.25, 0.3) is 0 Å². The van der Waals surface area contributed by atoms with Crippen LogP contribution >= 0.6 is 15.9 Å². The molecule has 1 aliphatic rings. The highest BCUT2D eigenvalue weighted by Crippen LogP contribution is 2.42. The predicted molar refractivity (Wildman–Crippen MR) is 102 cm³/mol. The maximum atomic E-state index is 12.7. The number of allylic oxidation sites excluding steroid dienone is 1. The van der Waals surface area contributed by atoms with E-state index in [1.165, 1.54) is 0 Å². The fraction of sp³-hybridized carbons (Fsp3) is 0.211. The van der Waals surface area contributed by atoms with Crippen molar-refractivity contribution in [1.82, 2.24) is 0 Å². The zero-order valence-electron chi connectivity index (χ0n) is 14.4. The van der Waals surface area contributed by atoms with Gasteiger partial charge in [0, 0.05) is 5.56 Å². The van der Waals surface area contributed by atoms with Crippen molar-refractivity contribution in [1.29, 1.82) is 0 Å². The molecule has 0 fully saturated rings. The zero-order valence-corrected chi connectivity index (χ0v) is 16.0. The lowest BCUT2D eigenvalue weighted by molar-refractivity contribution is 0.104. The molecular formula is C19H18BrNO5. The van der Waals surface area contributed by atoms with Crippen LogP contribution in [0.5, 0.6) is 23.0 Å². The van der Waals surface area contributed by atoms with Crippen molar-refractivity contribution in [3.8, 4) is 23.0 Å². The van der Waals surface area contributed by atoms with Gasteiger partial charge in [0.1, 0.15) is 5.75 Å². The predicted octanol–water partition coefficient (Wildman–Crippen LogP) is 4.02. The number of nitrogens with two attached hydrogens (primary N) is 1. The van der Waals surface area contributed by atoms with Gasteiger partial charge in [-0.2, -0.15) is 0 Å². The smallest absolute Gasteiger partial charge is 0.231 e. The first-order valence-corrected chi connectivity index (χ1v) is 8.74. The van der Waals surface area contributed by atoms with E-state index in [1.807, 2.05) is 6.92 Å². The fourth-order valence-corrected chi connectivity index (χ4v) is 3.05. The molecule has 1 aliphatic heterocycles. The number of methoxy groups -OCH3 is 1. The van der Waals surface area contributed by atoms with Crippen molar-refractivity contribution in [3.05, 3.63) is 45.9 Å². The van der Waals surface area contributed by atoms with Gasteiger partial charge in [-0.05, 0) is 64.8 Å². The summed E-state index contributed by atoms with van der Waals surface area (Å²) in [5.41, 5.74) is 7.56. The SMILES string of the molecule is CCOc1ccc(C(=O)C(Br)=Cc2cc(OC)c3c(c2)OCO3)cc1N. The summed E-state index contributed by atoms with van der Waals surface area (Å²) in [6.07, 6.45) is 1.69. The van der Waals surface area contributed by atoms with Gasteiger partial charge in [-0.25, -0.2) is 0 Å². The number of rotatable bonds is 6. The lowest BCUT2D eigenvalue weighted by Gasteiger charge is -2.09. The molecular weight excluding hydrogens is 402 g/mol. The van der Waals surface area contributed by atoms with Gasteiger partial charge in [-0.3, -0.25) is 4.79 Å². The molecule has 6 nitrogen and oxygen atoms in total. The molecule has 0 bridgehead atoms. The summed E-state index contributed by atoms with van der Waals surface area (Å²) in [6.45, 7) is 2.52. The van der Waals surface area contributed by atoms with Gasteiger partial charge in [0.05, 0.1) is 23.9 Å². The molecule has 0 aromatic heterocycles. The second-order valence-corrected chi connectivity index (χ2v) is 6.32. The highest BCUT2D eigenvalue weighted by molar-refractivity contribution is 9.12. The van der Waals surface area contributed by atoms with Crippen LogP contribution in [-0.4, -0.2) is 26.3 Å². The zero-order chi connectivity index (χ0) is 18.7. The van der Waals surface area contributed by atoms with E-state index in [-0.39, 0.29) is 12.6 Å². The van der Waals surface area contributed by atoms with Gasteiger partial charge in [0.15, 0.2) is 17.3 Å². The molecule has 0 saturated heterocycles. The van der Waals surface area contributed by atoms with Crippen LogP contribution in [-0.2, 0) is 0 Å². The molecule has 2 aromatic carbocycles. The number of hydrogen-bond acceptors (Lipinski definition) is 6. The highest BCUT2D eigenvalue weighted by Gasteiger charge is 2.20. The minimum absolute atomic E-state index is 0.143. The number of halogens is 1. The molecule has 1 heterocycles. The Morgan fingerprint density at radius 2 is 2.08 bits per heavy atom. The molecule has 0 atom stereocenters. The van der Waals surface area contributed by atoms with E-state index < -0.39 is 0 Å². The van der Waals surface area contributed by atoms with Crippen LogP contribution in [0.15, 0.2) is 34.8 Å². The van der Waals surface area contributed by atoms with Gasteiger partial charge in [0.2, 0.25) is 12.5 Å². The van der Waals surface area contributed by atoms with Crippen LogP contribution in [0.3, 0.4) is 0 Å². The Bertz CT molecular complexity index is 878. The summed E-state index contributed by atoms with van der Waals surface area (Å²) in [5, 5.41) is 0. The summed E-state index contributed by atoms with van der Waals surface area (Å²) < 4.78 is 21.8. The molecule has 0 spiro atoms. The van der Waals surface area contributed by atoms with Crippen LogP contribution in [0, 0.1) is 0 Å². The average Bonchev–Trinajstić information content (AvgIpc) is 3.10. The van der Waals surface area contributed by atoms with E-state index in [0.717, 1.165) is 5.56 Å². The first-order valence-electron chi connectivity index (χ1n) is 7.95. The summed E-state index contributed by atoms with van der Waals surface area (Å²) in [6, 6.07) is 8.53. The molecule has 3 rings (SSSR count). The maximum Gasteiger partial charge on any atom is 0.231 e. The molecule has 26 heavy (non-hydrogen) atoms. The monoisotopic (exact) mass is 419 g/mol. The number of fused-ring (bicyclic) bond motifs is 1. The summed E-state index contributed by atoms with van der Waals surface area (Å²) in [7, 11) is 1.55. The lowest BCUT2D eigenvalue weighted by Crippen LogP contribution is -2.02. The second kappa shape index (κ2) is 7.70. The van der Waals surface area contributed by atoms with Crippen LogP contribution in [0.4, 0.5) is 5.69 Å². The van der Waals surface area contributed by atoms with Gasteiger partial charge in [-0.15, -0.1) is 0 Å². The van der Waals surface area contributed by atoms with Crippen LogP contribution in [0.1, 0.15) is 22.8 Å². The molecule has 0 radical (unpaired) electrons. The topological polar surface area (TPSA) is 80.0 Å². The highest BCUT2D eigenvalue weighted by atomic mass is 79.9. The number of Topliss-reactive ketones (excluding diaryl/α,β-unsaturated/α-hetero) is 1. The van der Waals surface area contributed by atoms with Crippen molar-refractivity contribution in [2.45, 2.75) is 6.92 Å². The number of carbonyl (C=O) groups excluding carboxylic acids is 1. The molecule has 136 valence electrons. The Balaban J connectivity index is 1.88. The van der Waals surface area contributed by atoms with E-state index in [9.17, 15) is 4.79 Å². The molecule has 0 saturated carbocycles. The Kier molecular flexibility index (Phi) is 5.37. The van der Waals surface area contributed by atoms with Gasteiger partial charge < -0.3 is 24.7 Å². The molecule has 2 aromatic rings. The van der Waals surface area contributed by atoms with Crippen molar-refractivity contribution in [3.63, 3.8) is 0 Å². The van der Waals surface area contributed by atoms with Gasteiger partial charge in [-0.1, -0.05) is 0 Å². The first-order chi connectivity index (χ1) is 12.5. The number of anilines is 1. The third kappa shape index (κ3) is 3.62. The number of hydrogen-bond donors (Lipinski definition) is 1. The second-order valence-electron chi connectivity index (χ2n) is 5.46. The van der Waals surface area contributed by atoms with E-state index in [2.05, 4.69) is 15.9 Å². The number of benzene rings is 2. The van der Waals surface area contributed by atoms with E-state index in [1.54, 1.807) is 43.5 Å². The summed E-state index contributed by atoms with van der Waals surface area (Å²) in [5.74, 6) is 2.05. The van der Waals surface area contributed by atoms with Crippen LogP contribution in [0.2, 0.25) is 0 Å². The third-order valence-electron chi connectivity index (χ3n) is 3.76. The number of ether oxygens (including phenoxy) is 4. The molecule has 0 amide bonds. The number of ketones is 1. The maximum absolute atomic E-state index is 12.7. The molecule has 2 N–H and O–H groups in total. The van der Waals surface area contributed by atoms with Crippen molar-refractivity contribution >= 4 is 33.5 Å². The van der Waals surface area contributed by atoms with Crippen molar-refractivity contribution in [2.24, 2.45) is 0 Å². The minimum atomic E-state index is -0.198. The fourth-order valence-electron chi connectivity index (χ4n) is 2.56. The molecule has 0 unspecified atom stereocenters. The van der Waals surface area contributed by atoms with Crippen LogP contribution in [0.25, 0.3) is 6.08 Å². The van der Waals surface area contributed by atoms with Gasteiger partial charge >= 0.3 is 0 Å². The Labute approximate surface area is 159 Å². The molecule has 0 aliphatic carbocycles. The Hall–Kier alpha value is -2.67. The van der Waals surface area contributed by atoms with E-state index in [4.69, 9.17) is 24.7 Å². The number of carbonyl (C=O) groups is 1. The van der Waals surface area contributed by atoms with Crippen LogP contribution < -0.4 is 24.7 Å². The number of nitrogen functional groups attached to an aromatic ring is 1. The Morgan fingerprint density at radius 1 is 1.27 bits per heavy atom. The van der Waals surface area contributed by atoms with E-state index >= 15 is 0 Å². The first kappa shape index (κ1) is 18.1. The quantitative estimate of drug-likeness (QED) is 0.432. The average molecular weight is 420 g/mol. The molecule has 7 heteroatoms. The standard InChI is InChI=1S/C19H18BrNO5/c1-3-24-15-5-4-12(9-14(15)21)18(22)13(20)6-11-7-16(23-2)19-17(8-11)25-10-26-19/h4-9H,3,10,21H2,1-2H3. The third-order valence-corrected chi connectivity index (χ3v) is 4.35. The summed E-state index contributed by atoms with van der Waals surface area (Å²) >= 11 is 3.34. The largest absolute Gasteiger partial charge is 0.493 e. The van der Waals surface area contributed by atoms with E-state index in [0.29, 0.717) is 45.3 Å². The lowest BCUT2D eigenvalue weighted by atomic mass is 10.1. The minimum Gasteiger partial charge on any atom is -0.493 e. The Morgan fingerprint density at radius 3 is 2.77 bits per heavy atom. The summed E-state index contributed by atoms with van der Waals surface area (Å²) in [4.78, 5) is 12.7. The van der Waals surface area contributed by atoms with Crippen molar-refractivity contribution < 1.29 is 23.7 Å². The van der Waals surface area contributed by atoms with Crippen molar-refractivity contribution in [2.75, 3.05) is 26.2 Å².